The van der Waals surface area contributed by atoms with E-state index in [1.54, 1.807) is 33.9 Å². The summed E-state index contributed by atoms with van der Waals surface area (Å²) in [7, 11) is 1.72. The van der Waals surface area contributed by atoms with Crippen molar-refractivity contribution in [1.82, 2.24) is 14.7 Å². The zero-order valence-corrected chi connectivity index (χ0v) is 25.0. The van der Waals surface area contributed by atoms with Crippen LogP contribution in [0, 0.1) is 11.8 Å². The number of carbonyl (C=O) groups is 3. The molecule has 1 spiro atoms. The van der Waals surface area contributed by atoms with Gasteiger partial charge in [-0.2, -0.15) is 0 Å². The number of hydrogen-bond acceptors (Lipinski definition) is 5. The third kappa shape index (κ3) is 5.37. The fourth-order valence-corrected chi connectivity index (χ4v) is 7.53. The van der Waals surface area contributed by atoms with Gasteiger partial charge in [0.05, 0.1) is 30.1 Å². The van der Waals surface area contributed by atoms with Gasteiger partial charge in [-0.05, 0) is 37.7 Å². The summed E-state index contributed by atoms with van der Waals surface area (Å²) in [6, 6.07) is 8.11. The molecular formula is C33H47N3O5. The second-order valence-corrected chi connectivity index (χ2v) is 11.9. The molecule has 2 unspecified atom stereocenters. The predicted octanol–water partition coefficient (Wildman–Crippen LogP) is 3.59. The molecule has 41 heavy (non-hydrogen) atoms. The SMILES string of the molecule is C=CCN(C)C(=O)[C@@H]1[C@H]2C(=O)N([C@@H](CO)Cc3ccccc3)C(C(=O)N(CC=C)CCCCC)C23CC[C@@]1(CC)O3. The third-order valence-electron chi connectivity index (χ3n) is 9.51. The Balaban J connectivity index is 1.82. The smallest absolute Gasteiger partial charge is 0.248 e. The van der Waals surface area contributed by atoms with E-state index in [4.69, 9.17) is 4.74 Å². The number of hydrogen-bond donors (Lipinski definition) is 1. The van der Waals surface area contributed by atoms with Crippen molar-refractivity contribution in [3.8, 4) is 0 Å². The maximum absolute atomic E-state index is 14.6. The van der Waals surface area contributed by atoms with Gasteiger partial charge >= 0.3 is 0 Å². The van der Waals surface area contributed by atoms with E-state index in [9.17, 15) is 19.5 Å². The number of likely N-dealkylation sites (N-methyl/N-ethyl adjacent to an activating group) is 1. The zero-order chi connectivity index (χ0) is 29.8. The van der Waals surface area contributed by atoms with Crippen LogP contribution < -0.4 is 0 Å². The van der Waals surface area contributed by atoms with Gasteiger partial charge in [-0.15, -0.1) is 13.2 Å². The predicted molar refractivity (Wildman–Crippen MR) is 159 cm³/mol. The van der Waals surface area contributed by atoms with Gasteiger partial charge in [-0.3, -0.25) is 14.4 Å². The van der Waals surface area contributed by atoms with Gasteiger partial charge < -0.3 is 24.5 Å². The maximum atomic E-state index is 14.6. The number of unbranched alkanes of at least 4 members (excludes halogenated alkanes) is 2. The summed E-state index contributed by atoms with van der Waals surface area (Å²) in [6.45, 7) is 12.7. The van der Waals surface area contributed by atoms with E-state index in [-0.39, 0.29) is 24.3 Å². The van der Waals surface area contributed by atoms with E-state index in [2.05, 4.69) is 20.1 Å². The highest BCUT2D eigenvalue weighted by molar-refractivity contribution is 5.99. The highest BCUT2D eigenvalue weighted by atomic mass is 16.5. The molecule has 8 heteroatoms. The number of aliphatic hydroxyl groups excluding tert-OH is 1. The van der Waals surface area contributed by atoms with E-state index in [0.29, 0.717) is 45.3 Å². The molecule has 0 saturated carbocycles. The standard InChI is InChI=1S/C33H47N3O5/c1-6-10-14-21-35(20-8-3)31(40)28-33-18-17-32(9-4,41-33)26(29(38)34(5)19-7-2)27(33)30(39)36(28)25(23-37)22-24-15-12-11-13-16-24/h7-8,11-13,15-16,25-28,37H,2-3,6,9-10,14,17-23H2,1,4-5H3/t25-,26+,27+,28?,32-,33?/m1/s1. The minimum absolute atomic E-state index is 0.158. The highest BCUT2D eigenvalue weighted by Gasteiger charge is 2.79. The Morgan fingerprint density at radius 3 is 2.44 bits per heavy atom. The summed E-state index contributed by atoms with van der Waals surface area (Å²) in [5.74, 6) is -2.12. The maximum Gasteiger partial charge on any atom is 0.248 e. The number of rotatable bonds is 15. The first-order valence-electron chi connectivity index (χ1n) is 15.2. The molecule has 0 aromatic heterocycles. The summed E-state index contributed by atoms with van der Waals surface area (Å²) in [6.07, 6.45) is 8.29. The number of ether oxygens (including phenoxy) is 1. The molecule has 4 rings (SSSR count). The van der Waals surface area contributed by atoms with Crippen molar-refractivity contribution in [2.24, 2.45) is 11.8 Å². The first-order chi connectivity index (χ1) is 19.7. The molecule has 1 aromatic rings. The Morgan fingerprint density at radius 1 is 1.12 bits per heavy atom. The number of nitrogens with zero attached hydrogens (tertiary/aromatic N) is 3. The molecule has 3 fully saturated rings. The van der Waals surface area contributed by atoms with Crippen molar-refractivity contribution < 1.29 is 24.2 Å². The van der Waals surface area contributed by atoms with E-state index < -0.39 is 35.1 Å². The topological polar surface area (TPSA) is 90.4 Å². The van der Waals surface area contributed by atoms with E-state index in [1.165, 1.54) is 0 Å². The van der Waals surface area contributed by atoms with Crippen LogP contribution in [0.3, 0.4) is 0 Å². The monoisotopic (exact) mass is 565 g/mol. The fourth-order valence-electron chi connectivity index (χ4n) is 7.53. The molecule has 224 valence electrons. The Labute approximate surface area is 245 Å². The molecule has 0 aliphatic carbocycles. The second kappa shape index (κ2) is 12.9. The number of fused-ring (bicyclic) bond motifs is 1. The molecule has 3 aliphatic heterocycles. The van der Waals surface area contributed by atoms with Crippen LogP contribution >= 0.6 is 0 Å². The van der Waals surface area contributed by atoms with Crippen molar-refractivity contribution in [3.63, 3.8) is 0 Å². The van der Waals surface area contributed by atoms with Crippen molar-refractivity contribution in [1.29, 1.82) is 0 Å². The van der Waals surface area contributed by atoms with E-state index in [1.807, 2.05) is 37.3 Å². The van der Waals surface area contributed by atoms with Crippen LogP contribution in [0.1, 0.15) is 57.9 Å². The molecule has 3 heterocycles. The van der Waals surface area contributed by atoms with Gasteiger partial charge in [-0.25, -0.2) is 0 Å². The Bertz CT molecular complexity index is 1130. The second-order valence-electron chi connectivity index (χ2n) is 11.9. The van der Waals surface area contributed by atoms with Crippen molar-refractivity contribution >= 4 is 17.7 Å². The van der Waals surface area contributed by atoms with Gasteiger partial charge in [-0.1, -0.05) is 69.2 Å². The van der Waals surface area contributed by atoms with Crippen LogP contribution in [0.2, 0.25) is 0 Å². The van der Waals surface area contributed by atoms with Crippen LogP contribution in [-0.4, -0.2) is 94.1 Å². The lowest BCUT2D eigenvalue weighted by molar-refractivity contribution is -0.157. The lowest BCUT2D eigenvalue weighted by atomic mass is 9.64. The molecule has 3 aliphatic rings. The Kier molecular flexibility index (Phi) is 9.75. The Hall–Kier alpha value is -2.97. The van der Waals surface area contributed by atoms with Gasteiger partial charge in [0.15, 0.2) is 0 Å². The van der Waals surface area contributed by atoms with E-state index in [0.717, 1.165) is 24.8 Å². The van der Waals surface area contributed by atoms with Crippen LogP contribution in [0.4, 0.5) is 0 Å². The number of likely N-dealkylation sites (tertiary alicyclic amines) is 1. The molecule has 3 saturated heterocycles. The van der Waals surface area contributed by atoms with Gasteiger partial charge in [0.2, 0.25) is 17.7 Å². The van der Waals surface area contributed by atoms with Crippen LogP contribution in [0.15, 0.2) is 55.6 Å². The largest absolute Gasteiger partial charge is 0.394 e. The van der Waals surface area contributed by atoms with Crippen molar-refractivity contribution in [2.45, 2.75) is 82.1 Å². The molecule has 6 atom stereocenters. The minimum Gasteiger partial charge on any atom is -0.394 e. The lowest BCUT2D eigenvalue weighted by Gasteiger charge is -2.39. The van der Waals surface area contributed by atoms with Gasteiger partial charge in [0.1, 0.15) is 11.6 Å². The highest BCUT2D eigenvalue weighted by Crippen LogP contribution is 2.65. The van der Waals surface area contributed by atoms with Gasteiger partial charge in [0, 0.05) is 26.7 Å². The molecule has 8 nitrogen and oxygen atoms in total. The zero-order valence-electron chi connectivity index (χ0n) is 25.0. The summed E-state index contributed by atoms with van der Waals surface area (Å²) in [5.41, 5.74) is -0.982. The normalized spacial score (nSPS) is 28.8. The quantitative estimate of drug-likeness (QED) is 0.259. The molecular weight excluding hydrogens is 518 g/mol. The molecule has 1 aromatic carbocycles. The number of benzene rings is 1. The fraction of sp³-hybridized carbons (Fsp3) is 0.606. The van der Waals surface area contributed by atoms with Crippen LogP contribution in [0.25, 0.3) is 0 Å². The molecule has 2 bridgehead atoms. The van der Waals surface area contributed by atoms with Crippen molar-refractivity contribution in [2.75, 3.05) is 33.3 Å². The van der Waals surface area contributed by atoms with Crippen LogP contribution in [0.5, 0.6) is 0 Å². The summed E-state index contributed by atoms with van der Waals surface area (Å²) >= 11 is 0. The summed E-state index contributed by atoms with van der Waals surface area (Å²) in [5, 5.41) is 10.7. The molecule has 3 amide bonds. The minimum atomic E-state index is -1.13. The van der Waals surface area contributed by atoms with Crippen molar-refractivity contribution in [3.05, 3.63) is 61.2 Å². The average Bonchev–Trinajstić information content (AvgIpc) is 3.59. The number of carbonyl (C=O) groups excluding carboxylic acids is 3. The lowest BCUT2D eigenvalue weighted by Crippen LogP contribution is -2.59. The third-order valence-corrected chi connectivity index (χ3v) is 9.51. The average molecular weight is 566 g/mol. The summed E-state index contributed by atoms with van der Waals surface area (Å²) in [4.78, 5) is 48.2. The first kappa shape index (κ1) is 31.0. The van der Waals surface area contributed by atoms with E-state index >= 15 is 0 Å². The Morgan fingerprint density at radius 2 is 1.83 bits per heavy atom. The first-order valence-corrected chi connectivity index (χ1v) is 15.2. The number of amides is 3. The molecule has 1 N–H and O–H groups in total. The number of aliphatic hydroxyl groups is 1. The molecule has 0 radical (unpaired) electrons. The summed E-state index contributed by atoms with van der Waals surface area (Å²) < 4.78 is 6.93. The van der Waals surface area contributed by atoms with Crippen LogP contribution in [-0.2, 0) is 25.5 Å². The van der Waals surface area contributed by atoms with Gasteiger partial charge in [0.25, 0.3) is 0 Å².